The highest BCUT2D eigenvalue weighted by Crippen LogP contribution is 2.48. The van der Waals surface area contributed by atoms with Crippen molar-refractivity contribution >= 4 is 65.0 Å². The quantitative estimate of drug-likeness (QED) is 0.168. The summed E-state index contributed by atoms with van der Waals surface area (Å²) >= 11 is 0. The summed E-state index contributed by atoms with van der Waals surface area (Å²) in [4.78, 5) is 0. The summed E-state index contributed by atoms with van der Waals surface area (Å²) < 4.78 is 143. The van der Waals surface area contributed by atoms with Crippen LogP contribution in [-0.4, -0.2) is 0 Å². The fraction of sp³-hybridized carbons (Fsp3) is 0. The van der Waals surface area contributed by atoms with Crippen LogP contribution in [0, 0.1) is 0 Å². The Hall–Kier alpha value is -6.96. The fourth-order valence-electron chi connectivity index (χ4n) is 7.65. The van der Waals surface area contributed by atoms with E-state index in [0.29, 0.717) is 38.6 Å². The summed E-state index contributed by atoms with van der Waals surface area (Å²) in [5.74, 6) is 0. The van der Waals surface area contributed by atoms with Crippen molar-refractivity contribution in [2.45, 2.75) is 0 Å². The molecule has 0 spiro atoms. The van der Waals surface area contributed by atoms with Gasteiger partial charge in [-0.2, -0.15) is 0 Å². The fourth-order valence-corrected chi connectivity index (χ4v) is 7.65. The summed E-state index contributed by atoms with van der Waals surface area (Å²) in [5.41, 5.74) is 3.99. The molecule has 1 nitrogen and oxygen atoms in total. The van der Waals surface area contributed by atoms with Crippen LogP contribution >= 0.6 is 0 Å². The summed E-state index contributed by atoms with van der Waals surface area (Å²) in [6, 6.07) is 22.4. The first-order valence-electron chi connectivity index (χ1n) is 24.5. The van der Waals surface area contributed by atoms with Gasteiger partial charge in [0.1, 0.15) is 11.2 Å². The molecule has 1 heterocycles. The Morgan fingerprint density at radius 3 is 1.75 bits per heavy atom. The van der Waals surface area contributed by atoms with Crippen LogP contribution in [0.4, 0.5) is 0 Å². The van der Waals surface area contributed by atoms with Gasteiger partial charge in [-0.15, -0.1) is 0 Å². The number of para-hydroxylation sites is 1. The van der Waals surface area contributed by atoms with Crippen molar-refractivity contribution in [2.75, 3.05) is 0 Å². The Morgan fingerprint density at radius 1 is 0.340 bits per heavy atom. The van der Waals surface area contributed by atoms with E-state index < -0.39 is 107 Å². The number of rotatable bonds is 4. The average molecular weight is 688 g/mol. The first kappa shape index (κ1) is 18.5. The zero-order valence-corrected chi connectivity index (χ0v) is 27.7. The molecule has 0 aliphatic heterocycles. The van der Waals surface area contributed by atoms with E-state index in [1.54, 1.807) is 18.2 Å². The Balaban J connectivity index is 1.34. The molecule has 0 amide bonds. The maximum atomic E-state index is 9.64. The number of hydrogen-bond acceptors (Lipinski definition) is 1. The number of benzene rings is 10. The van der Waals surface area contributed by atoms with Gasteiger partial charge in [-0.3, -0.25) is 0 Å². The van der Waals surface area contributed by atoms with Gasteiger partial charge in [-0.25, -0.2) is 0 Å². The molecule has 0 saturated heterocycles. The first-order chi connectivity index (χ1) is 32.5. The molecule has 53 heavy (non-hydrogen) atoms. The van der Waals surface area contributed by atoms with Crippen molar-refractivity contribution in [2.24, 2.45) is 0 Å². The van der Waals surface area contributed by atoms with Crippen LogP contribution in [0.5, 0.6) is 0 Å². The van der Waals surface area contributed by atoms with Crippen LogP contribution in [0.25, 0.3) is 110 Å². The number of fused-ring (bicyclic) bond motifs is 7. The molecule has 11 aromatic rings. The Morgan fingerprint density at radius 2 is 0.981 bits per heavy atom. The Labute approximate surface area is 328 Å². The maximum absolute atomic E-state index is 9.64. The maximum Gasteiger partial charge on any atom is 0.143 e. The molecular weight excluding hydrogens is 641 g/mol. The lowest BCUT2D eigenvalue weighted by atomic mass is 9.83. The lowest BCUT2D eigenvalue weighted by Crippen LogP contribution is -1.93. The van der Waals surface area contributed by atoms with Crippen LogP contribution in [-0.2, 0) is 0 Å². The van der Waals surface area contributed by atoms with E-state index in [-0.39, 0.29) is 32.7 Å². The first-order valence-corrected chi connectivity index (χ1v) is 17.0. The standard InChI is InChI=1S/C52H32O/c1-2-14-33(15-3-1)35-28-29-41-47-27-13-25-40(52(47)53-49(41)32-35)37-30-36-17-5-7-20-39(36)48(31-37)51-45-23-10-8-21-43(45)50(44-22-9-11-24-46(44)51)42-26-12-18-34-16-4-6-19-38(34)42/h1-32H/i4D,6D,8D,9D,10D,11D,12D,16D,18D,19D,21D,22D,23D,24D,26D. The topological polar surface area (TPSA) is 13.1 Å². The van der Waals surface area contributed by atoms with Gasteiger partial charge in [0.2, 0.25) is 0 Å². The van der Waals surface area contributed by atoms with E-state index in [0.717, 1.165) is 21.9 Å². The van der Waals surface area contributed by atoms with Gasteiger partial charge in [-0.05, 0) is 106 Å². The van der Waals surface area contributed by atoms with Gasteiger partial charge in [0, 0.05) is 16.3 Å². The van der Waals surface area contributed by atoms with E-state index in [1.807, 2.05) is 84.9 Å². The molecule has 0 saturated carbocycles. The Bertz CT molecular complexity index is 4000. The normalized spacial score (nSPS) is 15.7. The molecule has 0 fully saturated rings. The molecule has 0 radical (unpaired) electrons. The molecule has 0 bridgehead atoms. The third kappa shape index (κ3) is 4.64. The molecule has 0 aliphatic carbocycles. The SMILES string of the molecule is [2H]c1c([2H])c([2H])c2c(-c3c4c([2H])c([2H])c([2H])c([2H])c4c(-c4cc(-c5cccc6c5oc5cc(-c7ccccc7)ccc56)cc5ccccc45)c4c([2H])c([2H])c([2H])c([2H])c34)c([2H])c([2H])c([2H])c2c1[2H]. The molecule has 0 atom stereocenters. The van der Waals surface area contributed by atoms with Crippen LogP contribution < -0.4 is 0 Å². The number of furan rings is 1. The van der Waals surface area contributed by atoms with Gasteiger partial charge in [0.25, 0.3) is 0 Å². The van der Waals surface area contributed by atoms with Crippen molar-refractivity contribution in [1.29, 1.82) is 0 Å². The minimum atomic E-state index is -0.765. The predicted octanol–water partition coefficient (Wildman–Crippen LogP) is 14.9. The smallest absolute Gasteiger partial charge is 0.143 e. The van der Waals surface area contributed by atoms with Gasteiger partial charge in [0.05, 0.1) is 20.6 Å². The van der Waals surface area contributed by atoms with E-state index in [9.17, 15) is 6.85 Å². The van der Waals surface area contributed by atoms with E-state index in [4.69, 9.17) is 18.1 Å². The van der Waals surface area contributed by atoms with Gasteiger partial charge in [-0.1, -0.05) is 169 Å². The van der Waals surface area contributed by atoms with E-state index >= 15 is 0 Å². The second kappa shape index (κ2) is 11.8. The molecule has 246 valence electrons. The minimum absolute atomic E-state index is 0.0148. The lowest BCUT2D eigenvalue weighted by molar-refractivity contribution is 0.670. The molecule has 0 N–H and O–H groups in total. The van der Waals surface area contributed by atoms with Gasteiger partial charge < -0.3 is 4.42 Å². The van der Waals surface area contributed by atoms with Gasteiger partial charge >= 0.3 is 0 Å². The van der Waals surface area contributed by atoms with Crippen LogP contribution in [0.3, 0.4) is 0 Å². The summed E-state index contributed by atoms with van der Waals surface area (Å²) in [6.45, 7) is 0. The third-order valence-electron chi connectivity index (χ3n) is 9.99. The summed E-state index contributed by atoms with van der Waals surface area (Å²) in [7, 11) is 0. The zero-order valence-electron chi connectivity index (χ0n) is 42.7. The highest BCUT2D eigenvalue weighted by Gasteiger charge is 2.21. The van der Waals surface area contributed by atoms with E-state index in [2.05, 4.69) is 0 Å². The van der Waals surface area contributed by atoms with E-state index in [1.165, 1.54) is 0 Å². The predicted molar refractivity (Wildman–Crippen MR) is 225 cm³/mol. The molecule has 0 aliphatic rings. The third-order valence-corrected chi connectivity index (χ3v) is 9.99. The average Bonchev–Trinajstić information content (AvgIpc) is 3.74. The molecule has 0 unspecified atom stereocenters. The molecule has 10 aromatic carbocycles. The van der Waals surface area contributed by atoms with Crippen molar-refractivity contribution in [1.82, 2.24) is 0 Å². The molecule has 11 rings (SSSR count). The highest BCUT2D eigenvalue weighted by molar-refractivity contribution is 6.25. The number of hydrogen-bond donors (Lipinski definition) is 0. The monoisotopic (exact) mass is 687 g/mol. The van der Waals surface area contributed by atoms with Crippen LogP contribution in [0.2, 0.25) is 0 Å². The molecular formula is C52H32O. The van der Waals surface area contributed by atoms with Crippen LogP contribution in [0.1, 0.15) is 20.6 Å². The van der Waals surface area contributed by atoms with Crippen molar-refractivity contribution in [3.63, 3.8) is 0 Å². The van der Waals surface area contributed by atoms with Crippen LogP contribution in [0.15, 0.2) is 198 Å². The minimum Gasteiger partial charge on any atom is -0.455 e. The van der Waals surface area contributed by atoms with Crippen molar-refractivity contribution < 1.29 is 25.0 Å². The zero-order chi connectivity index (χ0) is 47.9. The molecule has 1 aromatic heterocycles. The highest BCUT2D eigenvalue weighted by atomic mass is 16.3. The lowest BCUT2D eigenvalue weighted by Gasteiger charge is -2.20. The molecule has 1 heteroatoms. The Kier molecular flexibility index (Phi) is 4.12. The summed E-state index contributed by atoms with van der Waals surface area (Å²) in [6.07, 6.45) is 0. The second-order valence-electron chi connectivity index (χ2n) is 12.9. The van der Waals surface area contributed by atoms with Crippen molar-refractivity contribution in [3.8, 4) is 44.5 Å². The summed E-state index contributed by atoms with van der Waals surface area (Å²) in [5, 5.41) is 1.06. The largest absolute Gasteiger partial charge is 0.455 e. The van der Waals surface area contributed by atoms with Crippen molar-refractivity contribution in [3.05, 3.63) is 194 Å². The second-order valence-corrected chi connectivity index (χ2v) is 12.9. The van der Waals surface area contributed by atoms with Gasteiger partial charge in [0.15, 0.2) is 0 Å².